The Bertz CT molecular complexity index is 105. The zero-order valence-electron chi connectivity index (χ0n) is 9.47. The Kier molecular flexibility index (Phi) is 13.2. The number of aliphatic carboxylic acids is 1. The molecule has 13 heavy (non-hydrogen) atoms. The molecule has 1 N–H and O–H groups in total. The first-order valence-corrected chi connectivity index (χ1v) is 5.29. The number of carbonyl (C=O) groups is 1. The van der Waals surface area contributed by atoms with E-state index in [4.69, 9.17) is 5.11 Å². The molecule has 0 aromatic heterocycles. The Hall–Kier alpha value is -0.530. The maximum Gasteiger partial charge on any atom is 0.305 e. The zero-order chi connectivity index (χ0) is 10.7. The second kappa shape index (κ2) is 11.5. The summed E-state index contributed by atoms with van der Waals surface area (Å²) < 4.78 is 0. The monoisotopic (exact) mass is 188 g/mol. The van der Waals surface area contributed by atoms with Gasteiger partial charge in [-0.15, -0.1) is 0 Å². The number of carboxylic acid groups (broad SMARTS) is 1. The summed E-state index contributed by atoms with van der Waals surface area (Å²) in [5, 5.41) is 7.99. The van der Waals surface area contributed by atoms with Crippen molar-refractivity contribution in [3.05, 3.63) is 0 Å². The molecule has 0 aromatic rings. The molecule has 0 rings (SSSR count). The summed E-state index contributed by atoms with van der Waals surface area (Å²) in [6, 6.07) is 0. The average Bonchev–Trinajstić information content (AvgIpc) is 2.06. The van der Waals surface area contributed by atoms with Crippen molar-refractivity contribution < 1.29 is 9.90 Å². The first kappa shape index (κ1) is 15.0. The van der Waals surface area contributed by atoms with Crippen LogP contribution in [0, 0.1) is 5.92 Å². The van der Waals surface area contributed by atoms with Crippen LogP contribution in [0.15, 0.2) is 0 Å². The third kappa shape index (κ3) is 18.4. The van der Waals surface area contributed by atoms with Gasteiger partial charge in [-0.25, -0.2) is 0 Å². The fourth-order valence-corrected chi connectivity index (χ4v) is 0.677. The highest BCUT2D eigenvalue weighted by atomic mass is 16.4. The van der Waals surface area contributed by atoms with Gasteiger partial charge in [0, 0.05) is 0 Å². The Labute approximate surface area is 82.4 Å². The van der Waals surface area contributed by atoms with Gasteiger partial charge in [-0.3, -0.25) is 4.79 Å². The summed E-state index contributed by atoms with van der Waals surface area (Å²) in [7, 11) is 0. The van der Waals surface area contributed by atoms with Crippen molar-refractivity contribution >= 4 is 5.97 Å². The standard InChI is InChI=1S/C7H16.C4H8O2/c1-3-5-7-6-4-2;1-3(2)4(5)6/h3-7H2,1-2H3;3H,1-2H3,(H,5,6). The highest BCUT2D eigenvalue weighted by Crippen LogP contribution is 2.00. The van der Waals surface area contributed by atoms with Gasteiger partial charge >= 0.3 is 5.97 Å². The van der Waals surface area contributed by atoms with Gasteiger partial charge in [0.15, 0.2) is 0 Å². The van der Waals surface area contributed by atoms with Crippen molar-refractivity contribution in [3.8, 4) is 0 Å². The van der Waals surface area contributed by atoms with Crippen LogP contribution in [0.1, 0.15) is 59.8 Å². The van der Waals surface area contributed by atoms with Crippen LogP contribution in [0.5, 0.6) is 0 Å². The molecule has 0 aliphatic carbocycles. The Morgan fingerprint density at radius 3 is 1.54 bits per heavy atom. The molecule has 0 unspecified atom stereocenters. The third-order valence-corrected chi connectivity index (χ3v) is 1.70. The van der Waals surface area contributed by atoms with Gasteiger partial charge in [0.2, 0.25) is 0 Å². The predicted octanol–water partition coefficient (Wildman–Crippen LogP) is 3.70. The van der Waals surface area contributed by atoms with E-state index in [9.17, 15) is 4.79 Å². The molecule has 0 amide bonds. The lowest BCUT2D eigenvalue weighted by Crippen LogP contribution is -2.03. The summed E-state index contributed by atoms with van der Waals surface area (Å²) in [6.45, 7) is 7.77. The van der Waals surface area contributed by atoms with E-state index in [-0.39, 0.29) is 5.92 Å². The minimum absolute atomic E-state index is 0.231. The van der Waals surface area contributed by atoms with Gasteiger partial charge < -0.3 is 5.11 Å². The molecule has 2 heteroatoms. The van der Waals surface area contributed by atoms with Gasteiger partial charge in [0.05, 0.1) is 5.92 Å². The normalized spacial score (nSPS) is 9.31. The van der Waals surface area contributed by atoms with Crippen molar-refractivity contribution in [3.63, 3.8) is 0 Å². The summed E-state index contributed by atoms with van der Waals surface area (Å²) in [4.78, 5) is 9.70. The molecular formula is C11H24O2. The summed E-state index contributed by atoms with van der Waals surface area (Å²) in [6.07, 6.45) is 7.01. The van der Waals surface area contributed by atoms with E-state index in [1.165, 1.54) is 32.1 Å². The number of carboxylic acids is 1. The average molecular weight is 188 g/mol. The van der Waals surface area contributed by atoms with Crippen LogP contribution >= 0.6 is 0 Å². The first-order valence-electron chi connectivity index (χ1n) is 5.29. The van der Waals surface area contributed by atoms with Crippen molar-refractivity contribution in [1.82, 2.24) is 0 Å². The molecule has 0 aliphatic heterocycles. The molecule has 80 valence electrons. The maximum absolute atomic E-state index is 9.70. The molecule has 0 aromatic carbocycles. The second-order valence-electron chi connectivity index (χ2n) is 3.55. The van der Waals surface area contributed by atoms with E-state index in [0.29, 0.717) is 0 Å². The van der Waals surface area contributed by atoms with Crippen LogP contribution in [0.4, 0.5) is 0 Å². The lowest BCUT2D eigenvalue weighted by molar-refractivity contribution is -0.140. The molecular weight excluding hydrogens is 164 g/mol. The van der Waals surface area contributed by atoms with Crippen LogP contribution < -0.4 is 0 Å². The smallest absolute Gasteiger partial charge is 0.305 e. The lowest BCUT2D eigenvalue weighted by Gasteiger charge is -1.90. The lowest BCUT2D eigenvalue weighted by atomic mass is 10.2. The predicted molar refractivity (Wildman–Crippen MR) is 56.9 cm³/mol. The molecule has 0 spiro atoms. The number of hydrogen-bond acceptors (Lipinski definition) is 1. The summed E-state index contributed by atoms with van der Waals surface area (Å²) in [5.74, 6) is -0.972. The summed E-state index contributed by atoms with van der Waals surface area (Å²) in [5.41, 5.74) is 0. The van der Waals surface area contributed by atoms with Gasteiger partial charge in [-0.2, -0.15) is 0 Å². The van der Waals surface area contributed by atoms with Crippen molar-refractivity contribution in [2.75, 3.05) is 0 Å². The van der Waals surface area contributed by atoms with Crippen molar-refractivity contribution in [2.24, 2.45) is 5.92 Å². The van der Waals surface area contributed by atoms with E-state index in [2.05, 4.69) is 13.8 Å². The number of unbranched alkanes of at least 4 members (excludes halogenated alkanes) is 4. The minimum Gasteiger partial charge on any atom is -0.481 e. The Morgan fingerprint density at radius 2 is 1.38 bits per heavy atom. The topological polar surface area (TPSA) is 37.3 Å². The van der Waals surface area contributed by atoms with E-state index in [0.717, 1.165) is 0 Å². The molecule has 0 heterocycles. The maximum atomic E-state index is 9.70. The molecule has 0 atom stereocenters. The van der Waals surface area contributed by atoms with Crippen molar-refractivity contribution in [1.29, 1.82) is 0 Å². The zero-order valence-corrected chi connectivity index (χ0v) is 9.47. The van der Waals surface area contributed by atoms with Gasteiger partial charge in [0.1, 0.15) is 0 Å². The fraction of sp³-hybridized carbons (Fsp3) is 0.909. The van der Waals surface area contributed by atoms with Crippen LogP contribution in [0.3, 0.4) is 0 Å². The van der Waals surface area contributed by atoms with E-state index in [1.807, 2.05) is 0 Å². The first-order chi connectivity index (χ1) is 6.06. The van der Waals surface area contributed by atoms with Gasteiger partial charge in [-0.05, 0) is 0 Å². The molecule has 0 bridgehead atoms. The van der Waals surface area contributed by atoms with E-state index in [1.54, 1.807) is 13.8 Å². The van der Waals surface area contributed by atoms with Gasteiger partial charge in [0.25, 0.3) is 0 Å². The molecule has 0 aliphatic rings. The fourth-order valence-electron chi connectivity index (χ4n) is 0.677. The third-order valence-electron chi connectivity index (χ3n) is 1.70. The van der Waals surface area contributed by atoms with Crippen molar-refractivity contribution in [2.45, 2.75) is 59.8 Å². The van der Waals surface area contributed by atoms with Crippen LogP contribution in [-0.4, -0.2) is 11.1 Å². The Morgan fingerprint density at radius 1 is 1.08 bits per heavy atom. The van der Waals surface area contributed by atoms with Crippen LogP contribution in [-0.2, 0) is 4.79 Å². The number of hydrogen-bond donors (Lipinski definition) is 1. The largest absolute Gasteiger partial charge is 0.481 e. The molecule has 0 radical (unpaired) electrons. The number of rotatable bonds is 5. The highest BCUT2D eigenvalue weighted by molar-refractivity contribution is 5.68. The van der Waals surface area contributed by atoms with Crippen LogP contribution in [0.25, 0.3) is 0 Å². The highest BCUT2D eigenvalue weighted by Gasteiger charge is 1.99. The molecule has 0 saturated carbocycles. The minimum atomic E-state index is -0.741. The molecule has 2 nitrogen and oxygen atoms in total. The van der Waals surface area contributed by atoms with Crippen LogP contribution in [0.2, 0.25) is 0 Å². The summed E-state index contributed by atoms with van der Waals surface area (Å²) >= 11 is 0. The molecule has 0 saturated heterocycles. The molecule has 0 fully saturated rings. The van der Waals surface area contributed by atoms with E-state index >= 15 is 0 Å². The second-order valence-corrected chi connectivity index (χ2v) is 3.55. The quantitative estimate of drug-likeness (QED) is 0.668. The SMILES string of the molecule is CC(C)C(=O)O.CCCCCCC. The Balaban J connectivity index is 0. The van der Waals surface area contributed by atoms with E-state index < -0.39 is 5.97 Å². The van der Waals surface area contributed by atoms with Gasteiger partial charge in [-0.1, -0.05) is 59.8 Å².